The minimum atomic E-state index is -0.740. The number of anilines is 1. The Morgan fingerprint density at radius 1 is 1.48 bits per heavy atom. The highest BCUT2D eigenvalue weighted by atomic mass is 127. The van der Waals surface area contributed by atoms with Gasteiger partial charge in [-0.2, -0.15) is 9.97 Å². The van der Waals surface area contributed by atoms with E-state index in [-0.39, 0.29) is 18.7 Å². The molecular weight excluding hydrogens is 417 g/mol. The standard InChI is InChI=1S/C13H18IN5O4/c1-5(2)22-12-9-10(14)19(18-11(9)16-13(15)17-12)8-3-6(21)7(4-20)23-8/h5-8,20-21H,3-4H2,1-2H3,(H2,15,16,18)/t6-,7+,8+/m0/s1. The molecule has 2 aromatic heterocycles. The Kier molecular flexibility index (Phi) is 4.58. The molecule has 0 saturated carbocycles. The molecule has 0 bridgehead atoms. The van der Waals surface area contributed by atoms with Gasteiger partial charge in [-0.25, -0.2) is 4.68 Å². The van der Waals surface area contributed by atoms with Gasteiger partial charge in [0.05, 0.1) is 18.8 Å². The predicted octanol–water partition coefficient (Wildman–Crippen LogP) is 0.441. The molecule has 126 valence electrons. The van der Waals surface area contributed by atoms with Gasteiger partial charge in [0, 0.05) is 6.42 Å². The Bertz CT molecular complexity index is 722. The smallest absolute Gasteiger partial charge is 0.230 e. The fourth-order valence-corrected chi connectivity index (χ4v) is 3.38. The van der Waals surface area contributed by atoms with Crippen molar-refractivity contribution in [2.75, 3.05) is 12.3 Å². The Hall–Kier alpha value is -1.24. The molecular formula is C13H18IN5O4. The highest BCUT2D eigenvalue weighted by molar-refractivity contribution is 14.1. The van der Waals surface area contributed by atoms with Crippen molar-refractivity contribution in [2.45, 2.75) is 44.8 Å². The zero-order chi connectivity index (χ0) is 16.7. The van der Waals surface area contributed by atoms with E-state index in [1.165, 1.54) is 0 Å². The minimum absolute atomic E-state index is 0.0741. The molecule has 3 atom stereocenters. The zero-order valence-electron chi connectivity index (χ0n) is 12.7. The number of aliphatic hydroxyl groups excluding tert-OH is 2. The van der Waals surface area contributed by atoms with Crippen molar-refractivity contribution in [1.82, 2.24) is 19.7 Å². The number of fused-ring (bicyclic) bond motifs is 1. The number of aromatic nitrogens is 4. The van der Waals surface area contributed by atoms with Crippen molar-refractivity contribution in [3.05, 3.63) is 3.70 Å². The summed E-state index contributed by atoms with van der Waals surface area (Å²) in [6, 6.07) is 0. The van der Waals surface area contributed by atoms with Crippen LogP contribution in [0.1, 0.15) is 26.5 Å². The highest BCUT2D eigenvalue weighted by Crippen LogP contribution is 2.35. The summed E-state index contributed by atoms with van der Waals surface area (Å²) >= 11 is 2.11. The van der Waals surface area contributed by atoms with Crippen LogP contribution >= 0.6 is 22.6 Å². The normalized spacial score (nSPS) is 24.7. The van der Waals surface area contributed by atoms with Crippen LogP contribution in [0, 0.1) is 3.70 Å². The van der Waals surface area contributed by atoms with Crippen molar-refractivity contribution in [1.29, 1.82) is 0 Å². The molecule has 4 N–H and O–H groups in total. The largest absolute Gasteiger partial charge is 0.474 e. The lowest BCUT2D eigenvalue weighted by atomic mass is 10.2. The van der Waals surface area contributed by atoms with E-state index in [9.17, 15) is 10.2 Å². The topological polar surface area (TPSA) is 129 Å². The van der Waals surface area contributed by atoms with Gasteiger partial charge >= 0.3 is 0 Å². The average molecular weight is 435 g/mol. The van der Waals surface area contributed by atoms with Crippen LogP contribution in [0.4, 0.5) is 5.95 Å². The van der Waals surface area contributed by atoms with E-state index in [0.717, 1.165) is 3.70 Å². The van der Waals surface area contributed by atoms with Crippen LogP contribution < -0.4 is 10.5 Å². The van der Waals surface area contributed by atoms with Gasteiger partial charge in [0.15, 0.2) is 11.9 Å². The van der Waals surface area contributed by atoms with Gasteiger partial charge in [-0.3, -0.25) is 0 Å². The lowest BCUT2D eigenvalue weighted by Gasteiger charge is -2.13. The van der Waals surface area contributed by atoms with Crippen LogP contribution in [-0.4, -0.2) is 54.9 Å². The molecule has 1 aliphatic heterocycles. The van der Waals surface area contributed by atoms with Crippen molar-refractivity contribution >= 4 is 39.6 Å². The third kappa shape index (κ3) is 3.07. The molecule has 1 saturated heterocycles. The number of nitrogens with two attached hydrogens (primary N) is 1. The zero-order valence-corrected chi connectivity index (χ0v) is 14.8. The van der Waals surface area contributed by atoms with Crippen LogP contribution in [-0.2, 0) is 4.74 Å². The molecule has 3 heterocycles. The van der Waals surface area contributed by atoms with Crippen LogP contribution in [0.15, 0.2) is 0 Å². The average Bonchev–Trinajstić information content (AvgIpc) is 2.98. The molecule has 0 unspecified atom stereocenters. The van der Waals surface area contributed by atoms with E-state index in [4.69, 9.17) is 15.2 Å². The third-order valence-electron chi connectivity index (χ3n) is 3.49. The molecule has 0 spiro atoms. The van der Waals surface area contributed by atoms with Gasteiger partial charge in [-0.05, 0) is 36.4 Å². The fourth-order valence-electron chi connectivity index (χ4n) is 2.49. The number of ether oxygens (including phenoxy) is 2. The maximum atomic E-state index is 9.90. The van der Waals surface area contributed by atoms with Crippen LogP contribution in [0.25, 0.3) is 11.0 Å². The highest BCUT2D eigenvalue weighted by Gasteiger charge is 2.36. The number of hydrogen-bond donors (Lipinski definition) is 3. The van der Waals surface area contributed by atoms with Gasteiger partial charge in [0.2, 0.25) is 11.8 Å². The molecule has 10 heteroatoms. The van der Waals surface area contributed by atoms with Crippen molar-refractivity contribution in [3.63, 3.8) is 0 Å². The first kappa shape index (κ1) is 16.6. The Labute approximate surface area is 145 Å². The van der Waals surface area contributed by atoms with E-state index in [2.05, 4.69) is 37.7 Å². The van der Waals surface area contributed by atoms with E-state index < -0.39 is 18.4 Å². The number of nitrogens with zero attached hydrogens (tertiary/aromatic N) is 4. The first-order valence-corrected chi connectivity index (χ1v) is 8.30. The van der Waals surface area contributed by atoms with Crippen molar-refractivity contribution < 1.29 is 19.7 Å². The summed E-state index contributed by atoms with van der Waals surface area (Å²) < 4.78 is 13.7. The number of nitrogen functional groups attached to an aromatic ring is 1. The molecule has 1 fully saturated rings. The Balaban J connectivity index is 2.05. The summed E-state index contributed by atoms with van der Waals surface area (Å²) in [5, 5.41) is 24.2. The summed E-state index contributed by atoms with van der Waals surface area (Å²) in [5.74, 6) is 0.449. The SMILES string of the molecule is CC(C)Oc1nc(N)nc2nn([C@H]3C[C@H](O)[C@@H](CO)O3)c(I)c12. The van der Waals surface area contributed by atoms with E-state index in [1.807, 2.05) is 13.8 Å². The predicted molar refractivity (Wildman–Crippen MR) is 89.8 cm³/mol. The maximum absolute atomic E-state index is 9.90. The molecule has 2 aromatic rings. The maximum Gasteiger partial charge on any atom is 0.230 e. The van der Waals surface area contributed by atoms with E-state index in [1.54, 1.807) is 4.68 Å². The summed E-state index contributed by atoms with van der Waals surface area (Å²) in [4.78, 5) is 8.28. The molecule has 0 aromatic carbocycles. The summed E-state index contributed by atoms with van der Waals surface area (Å²) in [6.07, 6.45) is -1.59. The fraction of sp³-hybridized carbons (Fsp3) is 0.615. The van der Waals surface area contributed by atoms with E-state index in [0.29, 0.717) is 23.3 Å². The summed E-state index contributed by atoms with van der Waals surface area (Å²) in [7, 11) is 0. The second kappa shape index (κ2) is 6.34. The second-order valence-electron chi connectivity index (χ2n) is 5.60. The lowest BCUT2D eigenvalue weighted by molar-refractivity contribution is -0.0490. The number of aliphatic hydroxyl groups is 2. The first-order valence-electron chi connectivity index (χ1n) is 7.23. The first-order chi connectivity index (χ1) is 10.9. The number of hydrogen-bond acceptors (Lipinski definition) is 8. The molecule has 1 aliphatic rings. The molecule has 0 radical (unpaired) electrons. The molecule has 0 aliphatic carbocycles. The van der Waals surface area contributed by atoms with Gasteiger partial charge in [0.1, 0.15) is 15.2 Å². The van der Waals surface area contributed by atoms with Gasteiger partial charge < -0.3 is 25.4 Å². The molecule has 0 amide bonds. The molecule has 9 nitrogen and oxygen atoms in total. The van der Waals surface area contributed by atoms with Gasteiger partial charge in [0.25, 0.3) is 0 Å². The van der Waals surface area contributed by atoms with Crippen LogP contribution in [0.3, 0.4) is 0 Å². The summed E-state index contributed by atoms with van der Waals surface area (Å²) in [5.41, 5.74) is 6.13. The van der Waals surface area contributed by atoms with Gasteiger partial charge in [-0.15, -0.1) is 5.10 Å². The molecule has 3 rings (SSSR count). The Morgan fingerprint density at radius 2 is 2.22 bits per heavy atom. The third-order valence-corrected chi connectivity index (χ3v) is 4.52. The number of rotatable bonds is 4. The van der Waals surface area contributed by atoms with Crippen LogP contribution in [0.5, 0.6) is 5.88 Å². The second-order valence-corrected chi connectivity index (χ2v) is 6.62. The van der Waals surface area contributed by atoms with E-state index >= 15 is 0 Å². The summed E-state index contributed by atoms with van der Waals surface area (Å²) in [6.45, 7) is 3.54. The Morgan fingerprint density at radius 3 is 2.83 bits per heavy atom. The minimum Gasteiger partial charge on any atom is -0.474 e. The number of halogens is 1. The quantitative estimate of drug-likeness (QED) is 0.591. The van der Waals surface area contributed by atoms with Gasteiger partial charge in [-0.1, -0.05) is 0 Å². The monoisotopic (exact) mass is 435 g/mol. The van der Waals surface area contributed by atoms with Crippen molar-refractivity contribution in [2.24, 2.45) is 0 Å². The van der Waals surface area contributed by atoms with Crippen molar-refractivity contribution in [3.8, 4) is 5.88 Å². The lowest BCUT2D eigenvalue weighted by Crippen LogP contribution is -2.24. The molecule has 23 heavy (non-hydrogen) atoms. The van der Waals surface area contributed by atoms with Crippen LogP contribution in [0.2, 0.25) is 0 Å².